The van der Waals surface area contributed by atoms with Crippen LogP contribution in [0.4, 0.5) is 13.2 Å². The molecule has 1 unspecified atom stereocenters. The molecule has 0 saturated carbocycles. The molecule has 0 radical (unpaired) electrons. The molecular weight excluding hydrogens is 361 g/mol. The van der Waals surface area contributed by atoms with Gasteiger partial charge in [-0.25, -0.2) is 4.98 Å². The van der Waals surface area contributed by atoms with Crippen molar-refractivity contribution < 1.29 is 27.9 Å². The van der Waals surface area contributed by atoms with E-state index in [1.165, 1.54) is 6.92 Å². The Labute approximate surface area is 154 Å². The van der Waals surface area contributed by atoms with E-state index in [4.69, 9.17) is 0 Å². The SMILES string of the molecule is Cc1cccc(CC(CNC(=O)c2ccc(C(F)(F)F)nc2C)C(=O)O)c1. The van der Waals surface area contributed by atoms with Gasteiger partial charge in [0, 0.05) is 6.54 Å². The number of nitrogens with zero attached hydrogens (tertiary/aromatic N) is 1. The molecule has 1 atom stereocenters. The number of nitrogens with one attached hydrogen (secondary N) is 1. The Bertz CT molecular complexity index is 850. The fourth-order valence-electron chi connectivity index (χ4n) is 2.64. The van der Waals surface area contributed by atoms with Crippen molar-refractivity contribution in [1.82, 2.24) is 10.3 Å². The smallest absolute Gasteiger partial charge is 0.433 e. The first kappa shape index (κ1) is 20.4. The summed E-state index contributed by atoms with van der Waals surface area (Å²) in [6.45, 7) is 3.04. The zero-order valence-electron chi connectivity index (χ0n) is 14.8. The van der Waals surface area contributed by atoms with Gasteiger partial charge in [0.25, 0.3) is 5.91 Å². The minimum Gasteiger partial charge on any atom is -0.481 e. The van der Waals surface area contributed by atoms with Crippen LogP contribution in [0, 0.1) is 19.8 Å². The van der Waals surface area contributed by atoms with Crippen LogP contribution in [0.25, 0.3) is 0 Å². The minimum atomic E-state index is -4.60. The molecule has 0 fully saturated rings. The van der Waals surface area contributed by atoms with Gasteiger partial charge in [0.1, 0.15) is 5.69 Å². The number of carboxylic acid groups (broad SMARTS) is 1. The van der Waals surface area contributed by atoms with Crippen molar-refractivity contribution in [2.45, 2.75) is 26.4 Å². The molecule has 27 heavy (non-hydrogen) atoms. The first-order chi connectivity index (χ1) is 12.6. The molecule has 1 aromatic heterocycles. The molecule has 0 aliphatic carbocycles. The summed E-state index contributed by atoms with van der Waals surface area (Å²) in [7, 11) is 0. The molecule has 2 rings (SSSR count). The third-order valence-corrected chi connectivity index (χ3v) is 4.04. The third kappa shape index (κ3) is 5.54. The van der Waals surface area contributed by atoms with Gasteiger partial charge in [-0.2, -0.15) is 13.2 Å². The van der Waals surface area contributed by atoms with Gasteiger partial charge in [-0.05, 0) is 38.0 Å². The molecule has 0 saturated heterocycles. The van der Waals surface area contributed by atoms with E-state index in [2.05, 4.69) is 10.3 Å². The third-order valence-electron chi connectivity index (χ3n) is 4.04. The molecule has 1 aromatic carbocycles. The molecule has 0 aliphatic heterocycles. The molecule has 0 spiro atoms. The van der Waals surface area contributed by atoms with Crippen molar-refractivity contribution in [1.29, 1.82) is 0 Å². The number of carbonyl (C=O) groups excluding carboxylic acids is 1. The highest BCUT2D eigenvalue weighted by atomic mass is 19.4. The summed E-state index contributed by atoms with van der Waals surface area (Å²) >= 11 is 0. The lowest BCUT2D eigenvalue weighted by atomic mass is 9.98. The van der Waals surface area contributed by atoms with Crippen molar-refractivity contribution in [2.75, 3.05) is 6.54 Å². The van der Waals surface area contributed by atoms with Crippen LogP contribution in [0.15, 0.2) is 36.4 Å². The Morgan fingerprint density at radius 3 is 2.44 bits per heavy atom. The van der Waals surface area contributed by atoms with Gasteiger partial charge < -0.3 is 10.4 Å². The number of aryl methyl sites for hydroxylation is 2. The zero-order chi connectivity index (χ0) is 20.2. The Balaban J connectivity index is 2.07. The average molecular weight is 380 g/mol. The number of rotatable bonds is 6. The number of carbonyl (C=O) groups is 2. The van der Waals surface area contributed by atoms with E-state index in [1.807, 2.05) is 25.1 Å². The van der Waals surface area contributed by atoms with Crippen molar-refractivity contribution in [2.24, 2.45) is 5.92 Å². The quantitative estimate of drug-likeness (QED) is 0.805. The van der Waals surface area contributed by atoms with E-state index in [-0.39, 0.29) is 24.2 Å². The van der Waals surface area contributed by atoms with Crippen molar-refractivity contribution in [3.63, 3.8) is 0 Å². The lowest BCUT2D eigenvalue weighted by Gasteiger charge is -2.15. The number of carboxylic acids is 1. The maximum atomic E-state index is 12.7. The predicted molar refractivity (Wildman–Crippen MR) is 92.3 cm³/mol. The van der Waals surface area contributed by atoms with E-state index in [9.17, 15) is 27.9 Å². The van der Waals surface area contributed by atoms with E-state index < -0.39 is 29.7 Å². The van der Waals surface area contributed by atoms with E-state index >= 15 is 0 Å². The van der Waals surface area contributed by atoms with Crippen LogP contribution < -0.4 is 5.32 Å². The first-order valence-corrected chi connectivity index (χ1v) is 8.19. The molecule has 144 valence electrons. The summed E-state index contributed by atoms with van der Waals surface area (Å²) in [5.41, 5.74) is 0.631. The van der Waals surface area contributed by atoms with Gasteiger partial charge in [-0.15, -0.1) is 0 Å². The van der Waals surface area contributed by atoms with Crippen LogP contribution in [-0.2, 0) is 17.4 Å². The highest BCUT2D eigenvalue weighted by molar-refractivity contribution is 5.95. The van der Waals surface area contributed by atoms with Gasteiger partial charge in [-0.1, -0.05) is 29.8 Å². The molecule has 0 bridgehead atoms. The molecule has 2 N–H and O–H groups in total. The Hall–Kier alpha value is -2.90. The second kappa shape index (κ2) is 8.20. The fraction of sp³-hybridized carbons (Fsp3) is 0.316. The van der Waals surface area contributed by atoms with E-state index in [1.54, 1.807) is 6.07 Å². The fourth-order valence-corrected chi connectivity index (χ4v) is 2.64. The summed E-state index contributed by atoms with van der Waals surface area (Å²) in [6.07, 6.45) is -4.37. The van der Waals surface area contributed by atoms with Crippen LogP contribution in [0.5, 0.6) is 0 Å². The van der Waals surface area contributed by atoms with Crippen molar-refractivity contribution >= 4 is 11.9 Å². The number of hydrogen-bond donors (Lipinski definition) is 2. The molecule has 5 nitrogen and oxygen atoms in total. The van der Waals surface area contributed by atoms with Crippen LogP contribution in [0.1, 0.15) is 32.9 Å². The lowest BCUT2D eigenvalue weighted by Crippen LogP contribution is -2.34. The van der Waals surface area contributed by atoms with E-state index in [0.717, 1.165) is 23.3 Å². The van der Waals surface area contributed by atoms with Gasteiger partial charge in [0.05, 0.1) is 17.2 Å². The molecular formula is C19H19F3N2O3. The number of halogens is 3. The molecule has 8 heteroatoms. The normalized spacial score (nSPS) is 12.5. The van der Waals surface area contributed by atoms with Crippen molar-refractivity contribution in [3.8, 4) is 0 Å². The summed E-state index contributed by atoms with van der Waals surface area (Å²) in [5, 5.41) is 11.9. The minimum absolute atomic E-state index is 0.0253. The number of hydrogen-bond acceptors (Lipinski definition) is 3. The Morgan fingerprint density at radius 1 is 1.19 bits per heavy atom. The Morgan fingerprint density at radius 2 is 1.89 bits per heavy atom. The number of amides is 1. The van der Waals surface area contributed by atoms with Gasteiger partial charge in [0.2, 0.25) is 0 Å². The number of pyridine rings is 1. The summed E-state index contributed by atoms with van der Waals surface area (Å²) in [4.78, 5) is 27.1. The maximum absolute atomic E-state index is 12.7. The number of alkyl halides is 3. The highest BCUT2D eigenvalue weighted by Crippen LogP contribution is 2.28. The van der Waals surface area contributed by atoms with Crippen LogP contribution >= 0.6 is 0 Å². The van der Waals surface area contributed by atoms with Crippen molar-refractivity contribution in [3.05, 3.63) is 64.5 Å². The maximum Gasteiger partial charge on any atom is 0.433 e. The summed E-state index contributed by atoms with van der Waals surface area (Å²) in [5.74, 6) is -2.60. The van der Waals surface area contributed by atoms with Crippen LogP contribution in [0.2, 0.25) is 0 Å². The monoisotopic (exact) mass is 380 g/mol. The lowest BCUT2D eigenvalue weighted by molar-refractivity contribution is -0.142. The first-order valence-electron chi connectivity index (χ1n) is 8.19. The van der Waals surface area contributed by atoms with E-state index in [0.29, 0.717) is 0 Å². The number of aliphatic carboxylic acids is 1. The van der Waals surface area contributed by atoms with Gasteiger partial charge >= 0.3 is 12.1 Å². The molecule has 1 amide bonds. The topological polar surface area (TPSA) is 79.3 Å². The zero-order valence-corrected chi connectivity index (χ0v) is 14.8. The summed E-state index contributed by atoms with van der Waals surface area (Å²) < 4.78 is 38.0. The number of benzene rings is 1. The number of aromatic nitrogens is 1. The summed E-state index contributed by atoms with van der Waals surface area (Å²) in [6, 6.07) is 9.14. The second-order valence-corrected chi connectivity index (χ2v) is 6.27. The van der Waals surface area contributed by atoms with Gasteiger partial charge in [-0.3, -0.25) is 9.59 Å². The molecule has 0 aliphatic rings. The second-order valence-electron chi connectivity index (χ2n) is 6.27. The highest BCUT2D eigenvalue weighted by Gasteiger charge is 2.33. The van der Waals surface area contributed by atoms with Crippen LogP contribution in [0.3, 0.4) is 0 Å². The molecule has 2 aromatic rings. The molecule has 1 heterocycles. The van der Waals surface area contributed by atoms with Crippen LogP contribution in [-0.4, -0.2) is 28.5 Å². The average Bonchev–Trinajstić information content (AvgIpc) is 2.57. The Kier molecular flexibility index (Phi) is 6.20. The largest absolute Gasteiger partial charge is 0.481 e. The standard InChI is InChI=1S/C19H19F3N2O3/c1-11-4-3-5-13(8-11)9-14(18(26)27)10-23-17(25)15-6-7-16(19(20,21)22)24-12(15)2/h3-8,14H,9-10H2,1-2H3,(H,23,25)(H,26,27). The van der Waals surface area contributed by atoms with Gasteiger partial charge in [0.15, 0.2) is 0 Å². The predicted octanol–water partition coefficient (Wildman–Crippen LogP) is 3.39.